The third-order valence-corrected chi connectivity index (χ3v) is 11.3. The average molecular weight is 577 g/mol. The molecular formula is C33H52O8. The quantitative estimate of drug-likeness (QED) is 0.236. The molecule has 41 heavy (non-hydrogen) atoms. The van der Waals surface area contributed by atoms with Crippen LogP contribution in [0.4, 0.5) is 0 Å². The maximum absolute atomic E-state index is 12.4. The van der Waals surface area contributed by atoms with Crippen molar-refractivity contribution in [2.75, 3.05) is 0 Å². The van der Waals surface area contributed by atoms with Gasteiger partial charge in [-0.25, -0.2) is 0 Å². The first-order valence-corrected chi connectivity index (χ1v) is 15.7. The van der Waals surface area contributed by atoms with Crippen LogP contribution in [-0.4, -0.2) is 58.6 Å². The summed E-state index contributed by atoms with van der Waals surface area (Å²) in [6.45, 7) is 14.9. The van der Waals surface area contributed by atoms with Crippen LogP contribution in [0.3, 0.4) is 0 Å². The Bertz CT molecular complexity index is 1040. The van der Waals surface area contributed by atoms with Crippen LogP contribution in [0.25, 0.3) is 0 Å². The van der Waals surface area contributed by atoms with Gasteiger partial charge in [0.05, 0.1) is 12.2 Å². The van der Waals surface area contributed by atoms with Crippen molar-refractivity contribution in [2.45, 2.75) is 131 Å². The molecule has 0 unspecified atom stereocenters. The number of hydrogen-bond donors (Lipinski definition) is 2. The van der Waals surface area contributed by atoms with Crippen molar-refractivity contribution in [3.63, 3.8) is 0 Å². The maximum Gasteiger partial charge on any atom is 0.303 e. The van der Waals surface area contributed by atoms with Gasteiger partial charge in [-0.15, -0.1) is 0 Å². The van der Waals surface area contributed by atoms with Gasteiger partial charge in [-0.05, 0) is 85.5 Å². The summed E-state index contributed by atoms with van der Waals surface area (Å²) in [6, 6.07) is 0. The van der Waals surface area contributed by atoms with E-state index in [-0.39, 0.29) is 35.2 Å². The summed E-state index contributed by atoms with van der Waals surface area (Å²) in [4.78, 5) is 36.6. The van der Waals surface area contributed by atoms with Crippen LogP contribution in [0.5, 0.6) is 0 Å². The van der Waals surface area contributed by atoms with E-state index in [4.69, 9.17) is 14.2 Å². The minimum Gasteiger partial charge on any atom is -0.459 e. The minimum atomic E-state index is -0.801. The zero-order valence-corrected chi connectivity index (χ0v) is 26.2. The zero-order valence-electron chi connectivity index (χ0n) is 26.2. The molecule has 4 aliphatic rings. The van der Waals surface area contributed by atoms with Gasteiger partial charge in [-0.2, -0.15) is 0 Å². The number of aliphatic hydroxyl groups excluding tert-OH is 2. The van der Waals surface area contributed by atoms with E-state index in [1.54, 1.807) is 0 Å². The normalized spacial score (nSPS) is 41.3. The fourth-order valence-electron chi connectivity index (χ4n) is 9.64. The van der Waals surface area contributed by atoms with Gasteiger partial charge in [0.25, 0.3) is 0 Å². The molecule has 0 aliphatic heterocycles. The lowest BCUT2D eigenvalue weighted by Crippen LogP contribution is -2.64. The van der Waals surface area contributed by atoms with Gasteiger partial charge in [-0.1, -0.05) is 40.2 Å². The first-order valence-electron chi connectivity index (χ1n) is 15.7. The first-order chi connectivity index (χ1) is 19.1. The Morgan fingerprint density at radius 1 is 0.927 bits per heavy atom. The Kier molecular flexibility index (Phi) is 9.35. The number of hydrogen-bond acceptors (Lipinski definition) is 8. The number of carbonyl (C=O) groups is 3. The SMILES string of the molecule is CC(=O)O[C@@H]1[C@@H]2[C@@H](OC(C)=O)C=C3[C@H]([C@H](O)C[C@]4(C)[C@@H]([C@H](C)[C@H](O)CCC(C)C)CC[C@@H]34)[C@@]2(C)CC[C@@H]1OC(C)=O. The third kappa shape index (κ3) is 5.97. The molecule has 4 rings (SSSR count). The Balaban J connectivity index is 1.74. The molecule has 0 amide bonds. The van der Waals surface area contributed by atoms with Crippen molar-refractivity contribution in [2.24, 2.45) is 46.3 Å². The standard InChI is InChI=1S/C33H52O8/c1-17(2)9-12-25(37)18(3)23-10-11-24-22-15-28(40-20(5)35)30-31(41-21(6)36)27(39-19(4)34)13-14-32(30,7)29(22)26(38)16-33(23,24)8/h15,17-18,23-31,37-38H,9-14,16H2,1-8H3/t18-,23+,24-,25+,26+,27-,28-,29+,30-,31-,32+,33+/m0/s1. The molecule has 2 N–H and O–H groups in total. The van der Waals surface area contributed by atoms with Crippen LogP contribution < -0.4 is 0 Å². The molecule has 0 aromatic heterocycles. The summed E-state index contributed by atoms with van der Waals surface area (Å²) in [5.74, 6) is -0.968. The van der Waals surface area contributed by atoms with Crippen LogP contribution in [0.1, 0.15) is 100 Å². The number of rotatable bonds is 8. The van der Waals surface area contributed by atoms with Gasteiger partial charge in [0.2, 0.25) is 0 Å². The van der Waals surface area contributed by atoms with E-state index in [0.717, 1.165) is 31.3 Å². The second-order valence-corrected chi connectivity index (χ2v) is 14.4. The molecule has 0 heterocycles. The van der Waals surface area contributed by atoms with E-state index < -0.39 is 53.7 Å². The fraction of sp³-hybridized carbons (Fsp3) is 0.848. The van der Waals surface area contributed by atoms with E-state index in [0.29, 0.717) is 25.2 Å². The molecule has 232 valence electrons. The predicted octanol–water partition coefficient (Wildman–Crippen LogP) is 4.98. The zero-order chi connectivity index (χ0) is 30.4. The first kappa shape index (κ1) is 32.0. The topological polar surface area (TPSA) is 119 Å². The molecule has 8 nitrogen and oxygen atoms in total. The lowest BCUT2D eigenvalue weighted by Gasteiger charge is -2.61. The molecular weight excluding hydrogens is 524 g/mol. The Morgan fingerprint density at radius 2 is 1.56 bits per heavy atom. The lowest BCUT2D eigenvalue weighted by atomic mass is 9.45. The Morgan fingerprint density at radius 3 is 2.15 bits per heavy atom. The highest BCUT2D eigenvalue weighted by Crippen LogP contribution is 2.67. The number of carbonyl (C=O) groups excluding carboxylic acids is 3. The lowest BCUT2D eigenvalue weighted by molar-refractivity contribution is -0.211. The largest absolute Gasteiger partial charge is 0.459 e. The molecule has 3 fully saturated rings. The van der Waals surface area contributed by atoms with Crippen molar-refractivity contribution in [1.82, 2.24) is 0 Å². The van der Waals surface area contributed by atoms with Crippen LogP contribution in [-0.2, 0) is 28.6 Å². The summed E-state index contributed by atoms with van der Waals surface area (Å²) in [5, 5.41) is 23.1. The molecule has 0 saturated heterocycles. The Labute approximate surface area is 245 Å². The van der Waals surface area contributed by atoms with E-state index >= 15 is 0 Å². The third-order valence-electron chi connectivity index (χ3n) is 11.3. The van der Waals surface area contributed by atoms with E-state index in [1.807, 2.05) is 6.08 Å². The second-order valence-electron chi connectivity index (χ2n) is 14.4. The highest BCUT2D eigenvalue weighted by molar-refractivity contribution is 5.68. The summed E-state index contributed by atoms with van der Waals surface area (Å²) >= 11 is 0. The van der Waals surface area contributed by atoms with Crippen LogP contribution in [0.15, 0.2) is 11.6 Å². The number of fused-ring (bicyclic) bond motifs is 5. The Hall–Kier alpha value is -1.93. The molecule has 0 aromatic carbocycles. The summed E-state index contributed by atoms with van der Waals surface area (Å²) in [5.41, 5.74) is 0.381. The van der Waals surface area contributed by atoms with Crippen molar-refractivity contribution in [1.29, 1.82) is 0 Å². The van der Waals surface area contributed by atoms with Crippen LogP contribution in [0, 0.1) is 46.3 Å². The van der Waals surface area contributed by atoms with E-state index in [2.05, 4.69) is 34.6 Å². The van der Waals surface area contributed by atoms with E-state index in [9.17, 15) is 24.6 Å². The van der Waals surface area contributed by atoms with Gasteiger partial charge in [-0.3, -0.25) is 14.4 Å². The smallest absolute Gasteiger partial charge is 0.303 e. The molecule has 4 aliphatic carbocycles. The molecule has 12 atom stereocenters. The van der Waals surface area contributed by atoms with Gasteiger partial charge in [0, 0.05) is 32.6 Å². The van der Waals surface area contributed by atoms with E-state index in [1.165, 1.54) is 20.8 Å². The highest BCUT2D eigenvalue weighted by atomic mass is 16.6. The number of esters is 3. The molecule has 0 bridgehead atoms. The maximum atomic E-state index is 12.4. The molecule has 0 aromatic rings. The monoisotopic (exact) mass is 576 g/mol. The predicted molar refractivity (Wildman–Crippen MR) is 153 cm³/mol. The van der Waals surface area contributed by atoms with Crippen molar-refractivity contribution in [3.05, 3.63) is 11.6 Å². The number of aliphatic hydroxyl groups is 2. The number of ether oxygens (including phenoxy) is 3. The fourth-order valence-corrected chi connectivity index (χ4v) is 9.64. The van der Waals surface area contributed by atoms with Crippen molar-refractivity contribution in [3.8, 4) is 0 Å². The summed E-state index contributed by atoms with van der Waals surface area (Å²) < 4.78 is 17.4. The van der Waals surface area contributed by atoms with Gasteiger partial charge in [0.1, 0.15) is 18.3 Å². The van der Waals surface area contributed by atoms with Crippen LogP contribution >= 0.6 is 0 Å². The van der Waals surface area contributed by atoms with Gasteiger partial charge in [0.15, 0.2) is 0 Å². The van der Waals surface area contributed by atoms with Crippen molar-refractivity contribution >= 4 is 17.9 Å². The highest BCUT2D eigenvalue weighted by Gasteiger charge is 2.66. The summed E-state index contributed by atoms with van der Waals surface area (Å²) in [7, 11) is 0. The molecule has 3 saturated carbocycles. The average Bonchev–Trinajstić information content (AvgIpc) is 3.18. The van der Waals surface area contributed by atoms with Crippen LogP contribution in [0.2, 0.25) is 0 Å². The van der Waals surface area contributed by atoms with Gasteiger partial charge >= 0.3 is 17.9 Å². The second kappa shape index (κ2) is 12.0. The molecule has 0 spiro atoms. The van der Waals surface area contributed by atoms with Gasteiger partial charge < -0.3 is 24.4 Å². The molecule has 8 heteroatoms. The molecule has 0 radical (unpaired) electrons. The minimum absolute atomic E-state index is 0.108. The summed E-state index contributed by atoms with van der Waals surface area (Å²) in [6.07, 6.45) is 4.28. The van der Waals surface area contributed by atoms with Crippen molar-refractivity contribution < 1.29 is 38.8 Å².